The number of pyridine rings is 1. The maximum Gasteiger partial charge on any atom is 0.416 e. The number of benzene rings is 1. The van der Waals surface area contributed by atoms with Gasteiger partial charge in [-0.15, -0.1) is 10.2 Å². The van der Waals surface area contributed by atoms with E-state index in [1.165, 1.54) is 5.56 Å². The first kappa shape index (κ1) is 30.5. The zero-order valence-electron chi connectivity index (χ0n) is 23.6. The molecule has 1 aliphatic heterocycles. The summed E-state index contributed by atoms with van der Waals surface area (Å²) >= 11 is 0. The average Bonchev–Trinajstić information content (AvgIpc) is 3.59. The molecule has 42 heavy (non-hydrogen) atoms. The normalized spacial score (nSPS) is 13.7. The van der Waals surface area contributed by atoms with Crippen molar-refractivity contribution in [3.8, 4) is 0 Å². The van der Waals surface area contributed by atoms with E-state index in [1.807, 2.05) is 17.1 Å². The van der Waals surface area contributed by atoms with E-state index in [-0.39, 0.29) is 29.5 Å². The lowest BCUT2D eigenvalue weighted by Gasteiger charge is -2.24. The number of carbonyl (C=O) groups excluding carboxylic acids is 2. The Hall–Kier alpha value is -4.46. The van der Waals surface area contributed by atoms with Crippen molar-refractivity contribution in [2.45, 2.75) is 58.4 Å². The molecule has 0 atom stereocenters. The monoisotopic (exact) mass is 585 g/mol. The van der Waals surface area contributed by atoms with Gasteiger partial charge in [-0.1, -0.05) is 43.3 Å². The highest BCUT2D eigenvalue weighted by atomic mass is 19.4. The number of nitrogens with one attached hydrogen (secondary N) is 3. The van der Waals surface area contributed by atoms with Crippen LogP contribution in [0.5, 0.6) is 0 Å². The predicted molar refractivity (Wildman–Crippen MR) is 148 cm³/mol. The summed E-state index contributed by atoms with van der Waals surface area (Å²) in [7, 11) is 1.74. The summed E-state index contributed by atoms with van der Waals surface area (Å²) in [6.45, 7) is 5.65. The van der Waals surface area contributed by atoms with E-state index < -0.39 is 17.6 Å². The standard InChI is InChI=1S/C28H34F3N9O2/c1-19(2)21-8-6-7-20(13-21)15-33-26(41)24-17-39(37-35-24)11-4-5-12-40-18-25(36-38(40)3)27(42)34-16-23-14-22(9-10-32-23)28(29,30)31/h6-10,13-14,17-19,36H,4-5,11-12,15-16H2,1-3H3,(H,33,41)(H,34,42). The molecule has 11 nitrogen and oxygen atoms in total. The summed E-state index contributed by atoms with van der Waals surface area (Å²) in [5.74, 6) is -0.352. The van der Waals surface area contributed by atoms with Crippen LogP contribution in [0.15, 0.2) is 60.7 Å². The highest BCUT2D eigenvalue weighted by molar-refractivity contribution is 5.93. The predicted octanol–water partition coefficient (Wildman–Crippen LogP) is 3.35. The number of aryl methyl sites for hydroxylation is 1. The number of hydrogen-bond acceptors (Lipinski definition) is 8. The fourth-order valence-electron chi connectivity index (χ4n) is 4.24. The fourth-order valence-corrected chi connectivity index (χ4v) is 4.24. The minimum atomic E-state index is -4.48. The van der Waals surface area contributed by atoms with Crippen LogP contribution in [-0.4, -0.2) is 55.5 Å². The van der Waals surface area contributed by atoms with E-state index in [0.717, 1.165) is 36.7 Å². The number of unbranched alkanes of at least 4 members (excludes halogenated alkanes) is 1. The lowest BCUT2D eigenvalue weighted by Crippen LogP contribution is -2.41. The summed E-state index contributed by atoms with van der Waals surface area (Å²) in [4.78, 5) is 28.9. The Bertz CT molecular complexity index is 1420. The third kappa shape index (κ3) is 8.28. The number of aromatic nitrogens is 4. The molecule has 0 spiro atoms. The van der Waals surface area contributed by atoms with Crippen molar-refractivity contribution in [2.75, 3.05) is 13.6 Å². The summed E-state index contributed by atoms with van der Waals surface area (Å²) in [5, 5.41) is 17.0. The molecule has 0 fully saturated rings. The largest absolute Gasteiger partial charge is 0.416 e. The molecule has 14 heteroatoms. The highest BCUT2D eigenvalue weighted by Crippen LogP contribution is 2.29. The quantitative estimate of drug-likeness (QED) is 0.277. The Kier molecular flexibility index (Phi) is 9.78. The van der Waals surface area contributed by atoms with Gasteiger partial charge in [0.25, 0.3) is 11.8 Å². The van der Waals surface area contributed by atoms with Crippen molar-refractivity contribution in [2.24, 2.45) is 0 Å². The molecule has 2 amide bonds. The van der Waals surface area contributed by atoms with Crippen molar-refractivity contribution in [3.63, 3.8) is 0 Å². The minimum Gasteiger partial charge on any atom is -0.347 e. The lowest BCUT2D eigenvalue weighted by atomic mass is 10.0. The number of carbonyl (C=O) groups is 2. The molecule has 0 saturated carbocycles. The van der Waals surface area contributed by atoms with Crippen LogP contribution in [0, 0.1) is 0 Å². The van der Waals surface area contributed by atoms with Gasteiger partial charge in [-0.2, -0.15) is 13.2 Å². The van der Waals surface area contributed by atoms with Gasteiger partial charge in [-0.3, -0.25) is 29.7 Å². The van der Waals surface area contributed by atoms with Crippen LogP contribution in [0.25, 0.3) is 0 Å². The zero-order valence-corrected chi connectivity index (χ0v) is 23.6. The topological polar surface area (TPSA) is 120 Å². The Morgan fingerprint density at radius 3 is 2.55 bits per heavy atom. The van der Waals surface area contributed by atoms with Gasteiger partial charge < -0.3 is 10.6 Å². The molecule has 0 saturated heterocycles. The molecule has 4 rings (SSSR count). The average molecular weight is 586 g/mol. The molecule has 224 valence electrons. The van der Waals surface area contributed by atoms with Crippen LogP contribution in [0.4, 0.5) is 13.2 Å². The summed E-state index contributed by atoms with van der Waals surface area (Å²) < 4.78 is 40.3. The molecule has 0 aliphatic carbocycles. The molecule has 0 bridgehead atoms. The first-order valence-corrected chi connectivity index (χ1v) is 13.6. The Balaban J connectivity index is 1.18. The number of hydrogen-bond donors (Lipinski definition) is 3. The van der Waals surface area contributed by atoms with Crippen LogP contribution in [0.3, 0.4) is 0 Å². The molecule has 3 aromatic rings. The van der Waals surface area contributed by atoms with E-state index in [4.69, 9.17) is 0 Å². The maximum absolute atomic E-state index is 12.9. The summed E-state index contributed by atoms with van der Waals surface area (Å²) in [6.07, 6.45) is 1.32. The SMILES string of the molecule is CC(C)c1cccc(CNC(=O)c2cn(CCCCN3C=C(C(=O)NCc4cc(C(F)(F)F)ccn4)NN3C)nn2)c1. The Morgan fingerprint density at radius 2 is 1.79 bits per heavy atom. The molecule has 3 N–H and O–H groups in total. The lowest BCUT2D eigenvalue weighted by molar-refractivity contribution is -0.137. The van der Waals surface area contributed by atoms with Gasteiger partial charge in [0.1, 0.15) is 5.70 Å². The van der Waals surface area contributed by atoms with Crippen LogP contribution in [-0.2, 0) is 30.6 Å². The number of hydrazine groups is 2. The van der Waals surface area contributed by atoms with Crippen LogP contribution in [0.1, 0.15) is 65.5 Å². The maximum atomic E-state index is 12.9. The van der Waals surface area contributed by atoms with Crippen molar-refractivity contribution in [1.29, 1.82) is 0 Å². The minimum absolute atomic E-state index is 0.104. The molecular weight excluding hydrogens is 551 g/mol. The van der Waals surface area contributed by atoms with E-state index >= 15 is 0 Å². The number of alkyl halides is 3. The number of nitrogens with zero attached hydrogens (tertiary/aromatic N) is 6. The second-order valence-electron chi connectivity index (χ2n) is 10.2. The Morgan fingerprint density at radius 1 is 1.02 bits per heavy atom. The first-order chi connectivity index (χ1) is 20.0. The van der Waals surface area contributed by atoms with E-state index in [0.29, 0.717) is 25.6 Å². The zero-order chi connectivity index (χ0) is 30.3. The van der Waals surface area contributed by atoms with Gasteiger partial charge in [0.05, 0.1) is 24.0 Å². The third-order valence-electron chi connectivity index (χ3n) is 6.63. The molecule has 2 aromatic heterocycles. The molecule has 1 aromatic carbocycles. The number of amides is 2. The van der Waals surface area contributed by atoms with Crippen LogP contribution < -0.4 is 16.1 Å². The molecule has 0 unspecified atom stereocenters. The van der Waals surface area contributed by atoms with E-state index in [2.05, 4.69) is 57.3 Å². The molecular formula is C28H34F3N9O2. The van der Waals surface area contributed by atoms with Crippen molar-refractivity contribution in [1.82, 2.24) is 46.2 Å². The van der Waals surface area contributed by atoms with Gasteiger partial charge in [0.15, 0.2) is 5.69 Å². The van der Waals surface area contributed by atoms with Gasteiger partial charge in [0, 0.05) is 39.1 Å². The van der Waals surface area contributed by atoms with Crippen molar-refractivity contribution in [3.05, 3.63) is 88.8 Å². The van der Waals surface area contributed by atoms with Gasteiger partial charge in [0.2, 0.25) is 0 Å². The van der Waals surface area contributed by atoms with Crippen molar-refractivity contribution < 1.29 is 22.8 Å². The fraction of sp³-hybridized carbons (Fsp3) is 0.393. The van der Waals surface area contributed by atoms with Gasteiger partial charge in [-0.25, -0.2) is 0 Å². The first-order valence-electron chi connectivity index (χ1n) is 13.6. The molecule has 1 aliphatic rings. The van der Waals surface area contributed by atoms with Gasteiger partial charge in [-0.05, 0) is 42.0 Å². The molecule has 0 radical (unpaired) electrons. The second-order valence-corrected chi connectivity index (χ2v) is 10.2. The van der Waals surface area contributed by atoms with Crippen LogP contribution >= 0.6 is 0 Å². The number of halogens is 3. The third-order valence-corrected chi connectivity index (χ3v) is 6.63. The summed E-state index contributed by atoms with van der Waals surface area (Å²) in [6, 6.07) is 9.89. The van der Waals surface area contributed by atoms with E-state index in [9.17, 15) is 22.8 Å². The number of rotatable bonds is 12. The highest BCUT2D eigenvalue weighted by Gasteiger charge is 2.30. The Labute approximate surface area is 241 Å². The molecule has 3 heterocycles. The van der Waals surface area contributed by atoms with Crippen molar-refractivity contribution >= 4 is 11.8 Å². The van der Waals surface area contributed by atoms with Crippen LogP contribution in [0.2, 0.25) is 0 Å². The second kappa shape index (κ2) is 13.5. The van der Waals surface area contributed by atoms with E-state index in [1.54, 1.807) is 29.2 Å². The van der Waals surface area contributed by atoms with Gasteiger partial charge >= 0.3 is 6.18 Å². The summed E-state index contributed by atoms with van der Waals surface area (Å²) in [5.41, 5.74) is 4.94. The smallest absolute Gasteiger partial charge is 0.347 e.